The van der Waals surface area contributed by atoms with Gasteiger partial charge in [0, 0.05) is 56.6 Å². The largest absolute Gasteiger partial charge is 0.372 e. The predicted octanol–water partition coefficient (Wildman–Crippen LogP) is 1.60. The number of nitrogens with one attached hydrogen (secondary N) is 2. The molecule has 1 fully saturated rings. The number of fused-ring (bicyclic) bond motifs is 1. The summed E-state index contributed by atoms with van der Waals surface area (Å²) in [5.74, 6) is 0. The summed E-state index contributed by atoms with van der Waals surface area (Å²) in [6.07, 6.45) is 3.65. The summed E-state index contributed by atoms with van der Waals surface area (Å²) < 4.78 is 1.60. The highest BCUT2D eigenvalue weighted by molar-refractivity contribution is 5.94. The summed E-state index contributed by atoms with van der Waals surface area (Å²) in [4.78, 5) is 17.3. The molecule has 1 atom stereocenters. The third-order valence-corrected chi connectivity index (χ3v) is 5.37. The molecule has 4 rings (SSSR count). The Morgan fingerprint density at radius 3 is 2.50 bits per heavy atom. The minimum Gasteiger partial charge on any atom is -0.372 e. The van der Waals surface area contributed by atoms with Crippen LogP contribution < -0.4 is 10.9 Å². The van der Waals surface area contributed by atoms with E-state index in [2.05, 4.69) is 15.2 Å². The van der Waals surface area contributed by atoms with Gasteiger partial charge in [-0.05, 0) is 24.1 Å². The molecule has 1 aliphatic rings. The van der Waals surface area contributed by atoms with Crippen LogP contribution >= 0.6 is 0 Å². The van der Waals surface area contributed by atoms with Crippen molar-refractivity contribution in [3.8, 4) is 11.1 Å². The van der Waals surface area contributed by atoms with Crippen LogP contribution in [0.2, 0.25) is 0 Å². The number of aromatic nitrogens is 2. The van der Waals surface area contributed by atoms with Crippen molar-refractivity contribution in [3.63, 3.8) is 0 Å². The van der Waals surface area contributed by atoms with Crippen molar-refractivity contribution in [1.29, 1.82) is 0 Å². The molecule has 0 bridgehead atoms. The van der Waals surface area contributed by atoms with Crippen molar-refractivity contribution in [2.24, 2.45) is 7.05 Å². The summed E-state index contributed by atoms with van der Waals surface area (Å²) in [7, 11) is 1.76. The van der Waals surface area contributed by atoms with E-state index in [4.69, 9.17) is 0 Å². The molecule has 0 saturated carbocycles. The second-order valence-electron chi connectivity index (χ2n) is 7.06. The van der Waals surface area contributed by atoms with Crippen LogP contribution in [-0.4, -0.2) is 45.7 Å². The van der Waals surface area contributed by atoms with Crippen LogP contribution in [0, 0.1) is 0 Å². The monoisotopic (exact) mass is 352 g/mol. The molecule has 26 heavy (non-hydrogen) atoms. The lowest BCUT2D eigenvalue weighted by Crippen LogP contribution is -2.53. The lowest BCUT2D eigenvalue weighted by molar-refractivity contribution is -0.105. The van der Waals surface area contributed by atoms with Crippen molar-refractivity contribution in [2.75, 3.05) is 26.2 Å². The van der Waals surface area contributed by atoms with E-state index in [0.717, 1.165) is 48.3 Å². The van der Waals surface area contributed by atoms with Gasteiger partial charge >= 0.3 is 0 Å². The van der Waals surface area contributed by atoms with Crippen molar-refractivity contribution in [2.45, 2.75) is 12.6 Å². The van der Waals surface area contributed by atoms with Crippen LogP contribution in [0.4, 0.5) is 0 Å². The molecule has 3 heterocycles. The molecular weight excluding hydrogens is 328 g/mol. The highest BCUT2D eigenvalue weighted by atomic mass is 16.3. The molecule has 136 valence electrons. The molecular formula is C20H24N4O2. The molecule has 3 aromatic rings. The SMILES string of the molecule is Cn1cc(-c2ccc(C(C)(O)N3CCNCC3)cc2)c2cc[nH]c2c1=O. The smallest absolute Gasteiger partial charge is 0.274 e. The summed E-state index contributed by atoms with van der Waals surface area (Å²) >= 11 is 0. The van der Waals surface area contributed by atoms with Gasteiger partial charge in [0.15, 0.2) is 0 Å². The number of aromatic amines is 1. The Balaban J connectivity index is 1.72. The van der Waals surface area contributed by atoms with Crippen LogP contribution in [0.25, 0.3) is 22.0 Å². The maximum Gasteiger partial charge on any atom is 0.274 e. The first-order valence-corrected chi connectivity index (χ1v) is 8.94. The fraction of sp³-hybridized carbons (Fsp3) is 0.350. The number of hydrogen-bond donors (Lipinski definition) is 3. The first-order valence-electron chi connectivity index (χ1n) is 8.94. The van der Waals surface area contributed by atoms with Gasteiger partial charge in [0.1, 0.15) is 11.2 Å². The Hall–Kier alpha value is -2.41. The highest BCUT2D eigenvalue weighted by Crippen LogP contribution is 2.30. The fourth-order valence-electron chi connectivity index (χ4n) is 3.75. The second-order valence-corrected chi connectivity index (χ2v) is 7.06. The number of hydrogen-bond acceptors (Lipinski definition) is 4. The van der Waals surface area contributed by atoms with E-state index < -0.39 is 5.72 Å². The topological polar surface area (TPSA) is 73.3 Å². The molecule has 3 N–H and O–H groups in total. The molecule has 1 saturated heterocycles. The number of H-pyrrole nitrogens is 1. The molecule has 6 nitrogen and oxygen atoms in total. The van der Waals surface area contributed by atoms with E-state index in [1.54, 1.807) is 17.8 Å². The molecule has 0 spiro atoms. The van der Waals surface area contributed by atoms with Crippen molar-refractivity contribution < 1.29 is 5.11 Å². The number of rotatable bonds is 3. The van der Waals surface area contributed by atoms with Crippen LogP contribution in [0.3, 0.4) is 0 Å². The summed E-state index contributed by atoms with van der Waals surface area (Å²) in [5, 5.41) is 15.3. The summed E-state index contributed by atoms with van der Waals surface area (Å²) in [6.45, 7) is 5.26. The van der Waals surface area contributed by atoms with Gasteiger partial charge in [-0.2, -0.15) is 0 Å². The number of aliphatic hydroxyl groups is 1. The minimum atomic E-state index is -0.992. The first kappa shape index (κ1) is 17.0. The standard InChI is InChI=1S/C20H24N4O2/c1-20(26,24-11-9-21-10-12-24)15-5-3-14(4-6-15)17-13-23(2)19(25)18-16(17)7-8-22-18/h3-8,13,21-22,26H,9-12H2,1-2H3. The molecule has 2 aromatic heterocycles. The van der Waals surface area contributed by atoms with Gasteiger partial charge in [0.25, 0.3) is 5.56 Å². The third-order valence-electron chi connectivity index (χ3n) is 5.37. The fourth-order valence-corrected chi connectivity index (χ4v) is 3.75. The van der Waals surface area contributed by atoms with Crippen LogP contribution in [-0.2, 0) is 12.8 Å². The zero-order valence-corrected chi connectivity index (χ0v) is 15.1. The zero-order chi connectivity index (χ0) is 18.3. The molecule has 0 radical (unpaired) electrons. The van der Waals surface area contributed by atoms with E-state index >= 15 is 0 Å². The van der Waals surface area contributed by atoms with Gasteiger partial charge in [-0.15, -0.1) is 0 Å². The van der Waals surface area contributed by atoms with Crippen molar-refractivity contribution in [1.82, 2.24) is 19.8 Å². The lowest BCUT2D eigenvalue weighted by atomic mass is 9.97. The Bertz CT molecular complexity index is 979. The predicted molar refractivity (Wildman–Crippen MR) is 103 cm³/mol. The summed E-state index contributed by atoms with van der Waals surface area (Å²) in [5.41, 5.74) is 2.47. The van der Waals surface area contributed by atoms with E-state index in [0.29, 0.717) is 5.52 Å². The van der Waals surface area contributed by atoms with Gasteiger partial charge in [-0.1, -0.05) is 24.3 Å². The Kier molecular flexibility index (Phi) is 4.19. The molecule has 0 aliphatic carbocycles. The number of piperazine rings is 1. The van der Waals surface area contributed by atoms with E-state index in [-0.39, 0.29) is 5.56 Å². The van der Waals surface area contributed by atoms with Crippen LogP contribution in [0.5, 0.6) is 0 Å². The van der Waals surface area contributed by atoms with Gasteiger partial charge in [-0.3, -0.25) is 9.69 Å². The maximum absolute atomic E-state index is 12.2. The van der Waals surface area contributed by atoms with Crippen molar-refractivity contribution in [3.05, 3.63) is 58.6 Å². The quantitative estimate of drug-likeness (QED) is 0.670. The van der Waals surface area contributed by atoms with Gasteiger partial charge in [0.05, 0.1) is 0 Å². The molecule has 0 amide bonds. The molecule has 1 unspecified atom stereocenters. The van der Waals surface area contributed by atoms with Crippen molar-refractivity contribution >= 4 is 10.9 Å². The van der Waals surface area contributed by atoms with Gasteiger partial charge in [0.2, 0.25) is 0 Å². The normalized spacial score (nSPS) is 18.1. The first-order chi connectivity index (χ1) is 12.5. The molecule has 1 aromatic carbocycles. The van der Waals surface area contributed by atoms with Gasteiger partial charge < -0.3 is 20.0 Å². The molecule has 1 aliphatic heterocycles. The summed E-state index contributed by atoms with van der Waals surface area (Å²) in [6, 6.07) is 9.90. The Morgan fingerprint density at radius 2 is 1.81 bits per heavy atom. The zero-order valence-electron chi connectivity index (χ0n) is 15.1. The lowest BCUT2D eigenvalue weighted by Gasteiger charge is -2.40. The van der Waals surface area contributed by atoms with E-state index in [1.165, 1.54) is 0 Å². The average molecular weight is 352 g/mol. The number of nitrogens with zero attached hydrogens (tertiary/aromatic N) is 2. The second kappa shape index (κ2) is 6.39. The number of benzene rings is 1. The average Bonchev–Trinajstić information content (AvgIpc) is 3.16. The Labute approximate surface area is 152 Å². The molecule has 6 heteroatoms. The van der Waals surface area contributed by atoms with Crippen LogP contribution in [0.15, 0.2) is 47.5 Å². The van der Waals surface area contributed by atoms with E-state index in [1.807, 2.05) is 43.5 Å². The highest BCUT2D eigenvalue weighted by Gasteiger charge is 2.31. The number of pyridine rings is 1. The Morgan fingerprint density at radius 1 is 1.12 bits per heavy atom. The minimum absolute atomic E-state index is 0.0352. The maximum atomic E-state index is 12.2. The van der Waals surface area contributed by atoms with Crippen LogP contribution in [0.1, 0.15) is 12.5 Å². The van der Waals surface area contributed by atoms with E-state index in [9.17, 15) is 9.90 Å². The number of aryl methyl sites for hydroxylation is 1. The van der Waals surface area contributed by atoms with Gasteiger partial charge in [-0.25, -0.2) is 0 Å². The third kappa shape index (κ3) is 2.76.